The van der Waals surface area contributed by atoms with Gasteiger partial charge < -0.3 is 10.4 Å². The van der Waals surface area contributed by atoms with Crippen molar-refractivity contribution in [3.8, 4) is 0 Å². The van der Waals surface area contributed by atoms with E-state index in [9.17, 15) is 0 Å². The molecule has 0 bridgehead atoms. The van der Waals surface area contributed by atoms with Gasteiger partial charge >= 0.3 is 0 Å². The molecule has 1 rings (SSSR count). The van der Waals surface area contributed by atoms with Crippen LogP contribution in [0.25, 0.3) is 0 Å². The molecule has 1 aliphatic heterocycles. The zero-order valence-corrected chi connectivity index (χ0v) is 8.10. The van der Waals surface area contributed by atoms with Crippen molar-refractivity contribution in [2.24, 2.45) is 0 Å². The average Bonchev–Trinajstić information content (AvgIpc) is 2.55. The molecule has 1 saturated heterocycles. The number of rotatable bonds is 5. The predicted octanol–water partition coefficient (Wildman–Crippen LogP) is 1.68. The summed E-state index contributed by atoms with van der Waals surface area (Å²) in [5.74, 6) is 0. The maximum Gasteiger partial charge on any atom is 0.0431 e. The first-order valence-corrected chi connectivity index (χ1v) is 5.19. The van der Waals surface area contributed by atoms with Crippen molar-refractivity contribution in [1.29, 1.82) is 0 Å². The lowest BCUT2D eigenvalue weighted by molar-refractivity contribution is 0.263. The summed E-state index contributed by atoms with van der Waals surface area (Å²) in [7, 11) is 0. The Morgan fingerprint density at radius 2 is 2.25 bits per heavy atom. The first kappa shape index (κ1) is 10.0. The number of hydrogen-bond donors (Lipinski definition) is 2. The Morgan fingerprint density at radius 3 is 2.75 bits per heavy atom. The van der Waals surface area contributed by atoms with Crippen LogP contribution in [-0.2, 0) is 0 Å². The van der Waals surface area contributed by atoms with Crippen LogP contribution in [-0.4, -0.2) is 23.8 Å². The van der Waals surface area contributed by atoms with Crippen LogP contribution in [0, 0.1) is 0 Å². The van der Waals surface area contributed by atoms with E-state index in [0.29, 0.717) is 12.1 Å². The highest BCUT2D eigenvalue weighted by atomic mass is 16.2. The number of aliphatic hydroxyl groups is 1. The van der Waals surface area contributed by atoms with Crippen molar-refractivity contribution in [2.45, 2.75) is 51.0 Å². The molecular weight excluding hydrogens is 150 g/mol. The van der Waals surface area contributed by atoms with Gasteiger partial charge in [-0.2, -0.15) is 0 Å². The van der Waals surface area contributed by atoms with Gasteiger partial charge in [-0.25, -0.2) is 0 Å². The van der Waals surface area contributed by atoms with Crippen molar-refractivity contribution in [3.63, 3.8) is 0 Å². The summed E-state index contributed by atoms with van der Waals surface area (Å²) in [5.41, 5.74) is 0.426. The SMILES string of the molecule is CCC1(CCCCO)CCCN1. The second-order valence-corrected chi connectivity index (χ2v) is 3.84. The number of aliphatic hydroxyl groups excluding tert-OH is 1. The van der Waals surface area contributed by atoms with Crippen molar-refractivity contribution >= 4 is 0 Å². The molecule has 1 aliphatic rings. The molecule has 0 aromatic heterocycles. The van der Waals surface area contributed by atoms with Crippen LogP contribution in [0.4, 0.5) is 0 Å². The van der Waals surface area contributed by atoms with Crippen LogP contribution in [0.15, 0.2) is 0 Å². The van der Waals surface area contributed by atoms with Crippen molar-refractivity contribution < 1.29 is 5.11 Å². The van der Waals surface area contributed by atoms with Gasteiger partial charge in [0.1, 0.15) is 0 Å². The third kappa shape index (κ3) is 2.46. The molecule has 1 fully saturated rings. The lowest BCUT2D eigenvalue weighted by Gasteiger charge is -2.28. The van der Waals surface area contributed by atoms with Gasteiger partial charge in [0, 0.05) is 12.1 Å². The number of unbranched alkanes of at least 4 members (excludes halogenated alkanes) is 1. The predicted molar refractivity (Wildman–Crippen MR) is 51.2 cm³/mol. The fourth-order valence-corrected chi connectivity index (χ4v) is 2.14. The van der Waals surface area contributed by atoms with Crippen LogP contribution in [0.5, 0.6) is 0 Å². The highest BCUT2D eigenvalue weighted by Crippen LogP contribution is 2.28. The molecule has 12 heavy (non-hydrogen) atoms. The minimum atomic E-state index is 0.347. The highest BCUT2D eigenvalue weighted by Gasteiger charge is 2.30. The minimum Gasteiger partial charge on any atom is -0.396 e. The molecule has 0 spiro atoms. The van der Waals surface area contributed by atoms with E-state index in [1.54, 1.807) is 0 Å². The molecule has 0 aromatic rings. The molecular formula is C10H21NO. The molecule has 1 heterocycles. The van der Waals surface area contributed by atoms with Gasteiger partial charge in [-0.15, -0.1) is 0 Å². The zero-order valence-electron chi connectivity index (χ0n) is 8.10. The molecule has 2 heteroatoms. The maximum absolute atomic E-state index is 8.68. The van der Waals surface area contributed by atoms with Gasteiger partial charge in [0.2, 0.25) is 0 Å². The van der Waals surface area contributed by atoms with E-state index in [1.165, 1.54) is 32.2 Å². The van der Waals surface area contributed by atoms with E-state index < -0.39 is 0 Å². The molecule has 0 saturated carbocycles. The Kier molecular flexibility index (Phi) is 4.02. The topological polar surface area (TPSA) is 32.3 Å². The molecule has 0 aromatic carbocycles. The van der Waals surface area contributed by atoms with Gasteiger partial charge in [-0.3, -0.25) is 0 Å². The van der Waals surface area contributed by atoms with E-state index >= 15 is 0 Å². The van der Waals surface area contributed by atoms with E-state index in [4.69, 9.17) is 5.11 Å². The smallest absolute Gasteiger partial charge is 0.0431 e. The molecule has 0 radical (unpaired) electrons. The summed E-state index contributed by atoms with van der Waals surface area (Å²) in [6.07, 6.45) is 7.26. The maximum atomic E-state index is 8.68. The fraction of sp³-hybridized carbons (Fsp3) is 1.00. The Hall–Kier alpha value is -0.0800. The van der Waals surface area contributed by atoms with Crippen molar-refractivity contribution in [2.75, 3.05) is 13.2 Å². The summed E-state index contributed by atoms with van der Waals surface area (Å²) >= 11 is 0. The lowest BCUT2D eigenvalue weighted by atomic mass is 9.88. The average molecular weight is 171 g/mol. The third-order valence-electron chi connectivity index (χ3n) is 3.07. The summed E-state index contributed by atoms with van der Waals surface area (Å²) in [4.78, 5) is 0. The number of nitrogens with one attached hydrogen (secondary N) is 1. The Balaban J connectivity index is 2.24. The summed E-state index contributed by atoms with van der Waals surface area (Å²) in [6, 6.07) is 0. The zero-order chi connectivity index (χ0) is 8.86. The molecule has 2 nitrogen and oxygen atoms in total. The number of hydrogen-bond acceptors (Lipinski definition) is 2. The third-order valence-corrected chi connectivity index (χ3v) is 3.07. The molecule has 0 amide bonds. The molecule has 2 N–H and O–H groups in total. The van der Waals surface area contributed by atoms with Gasteiger partial charge in [0.25, 0.3) is 0 Å². The molecule has 72 valence electrons. The highest BCUT2D eigenvalue weighted by molar-refractivity contribution is 4.91. The van der Waals surface area contributed by atoms with Gasteiger partial charge in [-0.05, 0) is 45.1 Å². The second kappa shape index (κ2) is 4.83. The largest absolute Gasteiger partial charge is 0.396 e. The van der Waals surface area contributed by atoms with E-state index in [-0.39, 0.29) is 0 Å². The Bertz CT molecular complexity index is 119. The molecule has 1 unspecified atom stereocenters. The first-order chi connectivity index (χ1) is 5.83. The fourth-order valence-electron chi connectivity index (χ4n) is 2.14. The van der Waals surface area contributed by atoms with Crippen LogP contribution in [0.2, 0.25) is 0 Å². The summed E-state index contributed by atoms with van der Waals surface area (Å²) < 4.78 is 0. The monoisotopic (exact) mass is 171 g/mol. The van der Waals surface area contributed by atoms with E-state index in [2.05, 4.69) is 12.2 Å². The molecule has 1 atom stereocenters. The van der Waals surface area contributed by atoms with Crippen LogP contribution in [0.3, 0.4) is 0 Å². The summed E-state index contributed by atoms with van der Waals surface area (Å²) in [6.45, 7) is 3.80. The quantitative estimate of drug-likeness (QED) is 0.617. The standard InChI is InChI=1S/C10H21NO/c1-2-10(6-3-4-9-12)7-5-8-11-10/h11-12H,2-9H2,1H3. The van der Waals surface area contributed by atoms with Crippen molar-refractivity contribution in [3.05, 3.63) is 0 Å². The normalized spacial score (nSPS) is 29.5. The second-order valence-electron chi connectivity index (χ2n) is 3.84. The van der Waals surface area contributed by atoms with Crippen LogP contribution >= 0.6 is 0 Å². The first-order valence-electron chi connectivity index (χ1n) is 5.19. The van der Waals surface area contributed by atoms with Crippen molar-refractivity contribution in [1.82, 2.24) is 5.32 Å². The summed E-state index contributed by atoms with van der Waals surface area (Å²) in [5, 5.41) is 12.3. The van der Waals surface area contributed by atoms with Gasteiger partial charge in [0.15, 0.2) is 0 Å². The van der Waals surface area contributed by atoms with E-state index in [1.807, 2.05) is 0 Å². The van der Waals surface area contributed by atoms with Crippen LogP contribution < -0.4 is 5.32 Å². The minimum absolute atomic E-state index is 0.347. The van der Waals surface area contributed by atoms with E-state index in [0.717, 1.165) is 12.8 Å². The Labute approximate surface area is 75.4 Å². The van der Waals surface area contributed by atoms with Crippen LogP contribution in [0.1, 0.15) is 45.4 Å². The van der Waals surface area contributed by atoms with Gasteiger partial charge in [-0.1, -0.05) is 6.92 Å². The Morgan fingerprint density at radius 1 is 1.42 bits per heavy atom. The lowest BCUT2D eigenvalue weighted by Crippen LogP contribution is -2.38. The molecule has 0 aliphatic carbocycles. The van der Waals surface area contributed by atoms with Gasteiger partial charge in [0.05, 0.1) is 0 Å².